The predicted octanol–water partition coefficient (Wildman–Crippen LogP) is 4.06. The molecule has 110 valence electrons. The number of hydrogen-bond acceptors (Lipinski definition) is 4. The fourth-order valence-corrected chi connectivity index (χ4v) is 3.81. The van der Waals surface area contributed by atoms with Gasteiger partial charge in [0.2, 0.25) is 0 Å². The first kappa shape index (κ1) is 14.1. The summed E-state index contributed by atoms with van der Waals surface area (Å²) in [5.41, 5.74) is 2.66. The van der Waals surface area contributed by atoms with Crippen molar-refractivity contribution in [2.75, 3.05) is 5.32 Å². The van der Waals surface area contributed by atoms with Crippen LogP contribution in [0.2, 0.25) is 0 Å². The van der Waals surface area contributed by atoms with E-state index in [0.717, 1.165) is 28.4 Å². The van der Waals surface area contributed by atoms with E-state index in [1.807, 2.05) is 26.0 Å². The van der Waals surface area contributed by atoms with Crippen molar-refractivity contribution in [3.8, 4) is 0 Å². The molecular formula is C16H18N2O2S. The van der Waals surface area contributed by atoms with E-state index in [9.17, 15) is 9.90 Å². The van der Waals surface area contributed by atoms with Gasteiger partial charge in [0, 0.05) is 10.6 Å². The van der Waals surface area contributed by atoms with Gasteiger partial charge in [-0.1, -0.05) is 32.0 Å². The van der Waals surface area contributed by atoms with Crippen molar-refractivity contribution in [3.05, 3.63) is 45.4 Å². The van der Waals surface area contributed by atoms with Crippen molar-refractivity contribution >= 4 is 23.0 Å². The van der Waals surface area contributed by atoms with Crippen molar-refractivity contribution in [2.45, 2.75) is 38.6 Å². The molecule has 2 N–H and O–H groups in total. The number of anilines is 1. The molecule has 1 aromatic carbocycles. The average molecular weight is 302 g/mol. The second-order valence-electron chi connectivity index (χ2n) is 5.62. The van der Waals surface area contributed by atoms with Crippen LogP contribution in [0.5, 0.6) is 0 Å². The normalized spacial score (nSPS) is 17.4. The Bertz CT molecular complexity index is 679. The number of aryl methyl sites for hydroxylation is 1. The SMILES string of the molecule is CC(C)c1sc(C2CCc3ccccc3N2)nc1C(=O)O. The van der Waals surface area contributed by atoms with Crippen molar-refractivity contribution < 1.29 is 9.90 Å². The molecule has 0 aliphatic carbocycles. The van der Waals surface area contributed by atoms with Gasteiger partial charge >= 0.3 is 5.97 Å². The number of hydrogen-bond donors (Lipinski definition) is 2. The Labute approximate surface area is 127 Å². The lowest BCUT2D eigenvalue weighted by molar-refractivity contribution is 0.0689. The monoisotopic (exact) mass is 302 g/mol. The third kappa shape index (κ3) is 2.65. The zero-order valence-corrected chi connectivity index (χ0v) is 12.9. The van der Waals surface area contributed by atoms with E-state index in [1.54, 1.807) is 0 Å². The van der Waals surface area contributed by atoms with Crippen LogP contribution in [0.3, 0.4) is 0 Å². The number of carbonyl (C=O) groups is 1. The summed E-state index contributed by atoms with van der Waals surface area (Å²) < 4.78 is 0. The molecule has 0 spiro atoms. The molecule has 0 radical (unpaired) electrons. The molecule has 5 heteroatoms. The van der Waals surface area contributed by atoms with Crippen LogP contribution in [-0.4, -0.2) is 16.1 Å². The number of nitrogens with zero attached hydrogens (tertiary/aromatic N) is 1. The van der Waals surface area contributed by atoms with Crippen LogP contribution in [0.15, 0.2) is 24.3 Å². The van der Waals surface area contributed by atoms with E-state index >= 15 is 0 Å². The molecule has 0 bridgehead atoms. The van der Waals surface area contributed by atoms with Gasteiger partial charge in [0.1, 0.15) is 5.01 Å². The van der Waals surface area contributed by atoms with Crippen LogP contribution < -0.4 is 5.32 Å². The summed E-state index contributed by atoms with van der Waals surface area (Å²) in [7, 11) is 0. The van der Waals surface area contributed by atoms with E-state index in [-0.39, 0.29) is 17.7 Å². The molecule has 0 fully saturated rings. The topological polar surface area (TPSA) is 62.2 Å². The van der Waals surface area contributed by atoms with E-state index in [0.29, 0.717) is 0 Å². The summed E-state index contributed by atoms with van der Waals surface area (Å²) in [6.45, 7) is 4.01. The van der Waals surface area contributed by atoms with Gasteiger partial charge in [-0.3, -0.25) is 0 Å². The van der Waals surface area contributed by atoms with E-state index in [1.165, 1.54) is 16.9 Å². The van der Waals surface area contributed by atoms with E-state index in [2.05, 4.69) is 22.4 Å². The highest BCUT2D eigenvalue weighted by Gasteiger charge is 2.26. The van der Waals surface area contributed by atoms with E-state index in [4.69, 9.17) is 0 Å². The minimum atomic E-state index is -0.933. The first-order valence-electron chi connectivity index (χ1n) is 7.14. The number of rotatable bonds is 3. The summed E-state index contributed by atoms with van der Waals surface area (Å²) >= 11 is 1.52. The van der Waals surface area contributed by atoms with Gasteiger partial charge in [-0.25, -0.2) is 9.78 Å². The van der Waals surface area contributed by atoms with Gasteiger partial charge < -0.3 is 10.4 Å². The Kier molecular flexibility index (Phi) is 3.68. The highest BCUT2D eigenvalue weighted by molar-refractivity contribution is 7.12. The Balaban J connectivity index is 1.92. The van der Waals surface area contributed by atoms with Crippen LogP contribution in [0.4, 0.5) is 5.69 Å². The Morgan fingerprint density at radius 2 is 2.19 bits per heavy atom. The number of fused-ring (bicyclic) bond motifs is 1. The predicted molar refractivity (Wildman–Crippen MR) is 84.3 cm³/mol. The van der Waals surface area contributed by atoms with Gasteiger partial charge in [-0.2, -0.15) is 0 Å². The number of aromatic carboxylic acids is 1. The highest BCUT2D eigenvalue weighted by atomic mass is 32.1. The lowest BCUT2D eigenvalue weighted by atomic mass is 9.98. The average Bonchev–Trinajstić information content (AvgIpc) is 2.92. The lowest BCUT2D eigenvalue weighted by Gasteiger charge is -2.25. The molecule has 1 aliphatic heterocycles. The van der Waals surface area contributed by atoms with Crippen LogP contribution >= 0.6 is 11.3 Å². The fourth-order valence-electron chi connectivity index (χ4n) is 2.67. The van der Waals surface area contributed by atoms with Crippen molar-refractivity contribution in [2.24, 2.45) is 0 Å². The first-order chi connectivity index (χ1) is 10.1. The summed E-state index contributed by atoms with van der Waals surface area (Å²) in [5.74, 6) is -0.754. The maximum atomic E-state index is 11.3. The Morgan fingerprint density at radius 3 is 2.86 bits per heavy atom. The van der Waals surface area contributed by atoms with Crippen LogP contribution in [0.25, 0.3) is 0 Å². The molecule has 4 nitrogen and oxygen atoms in total. The fraction of sp³-hybridized carbons (Fsp3) is 0.375. The third-order valence-electron chi connectivity index (χ3n) is 3.74. The number of aromatic nitrogens is 1. The second-order valence-corrected chi connectivity index (χ2v) is 6.68. The second kappa shape index (κ2) is 5.48. The number of thiazole rings is 1. The number of nitrogens with one attached hydrogen (secondary N) is 1. The molecule has 0 saturated carbocycles. The van der Waals surface area contributed by atoms with Gasteiger partial charge in [-0.15, -0.1) is 11.3 Å². The molecule has 2 aromatic rings. The van der Waals surface area contributed by atoms with Crippen LogP contribution in [0, 0.1) is 0 Å². The molecule has 3 rings (SSSR count). The summed E-state index contributed by atoms with van der Waals surface area (Å²) in [6.07, 6.45) is 1.94. The maximum absolute atomic E-state index is 11.3. The van der Waals surface area contributed by atoms with Crippen molar-refractivity contribution in [1.29, 1.82) is 0 Å². The Morgan fingerprint density at radius 1 is 1.43 bits per heavy atom. The molecule has 1 atom stereocenters. The Hall–Kier alpha value is -1.88. The third-order valence-corrected chi connectivity index (χ3v) is 5.21. The molecule has 0 saturated heterocycles. The number of carboxylic acid groups (broad SMARTS) is 1. The van der Waals surface area contributed by atoms with Crippen LogP contribution in [-0.2, 0) is 6.42 Å². The largest absolute Gasteiger partial charge is 0.476 e. The minimum absolute atomic E-state index is 0.107. The maximum Gasteiger partial charge on any atom is 0.355 e. The van der Waals surface area contributed by atoms with Crippen molar-refractivity contribution in [1.82, 2.24) is 4.98 Å². The zero-order chi connectivity index (χ0) is 15.0. The number of benzene rings is 1. The number of para-hydroxylation sites is 1. The van der Waals surface area contributed by atoms with Gasteiger partial charge in [0.15, 0.2) is 5.69 Å². The standard InChI is InChI=1S/C16H18N2O2S/c1-9(2)14-13(16(19)20)18-15(21-14)12-8-7-10-5-3-4-6-11(10)17-12/h3-6,9,12,17H,7-8H2,1-2H3,(H,19,20). The molecule has 21 heavy (non-hydrogen) atoms. The summed E-state index contributed by atoms with van der Waals surface area (Å²) in [4.78, 5) is 16.6. The summed E-state index contributed by atoms with van der Waals surface area (Å²) in [6, 6.07) is 8.36. The lowest BCUT2D eigenvalue weighted by Crippen LogP contribution is -2.17. The molecular weight excluding hydrogens is 284 g/mol. The highest BCUT2D eigenvalue weighted by Crippen LogP contribution is 2.37. The van der Waals surface area contributed by atoms with Crippen molar-refractivity contribution in [3.63, 3.8) is 0 Å². The summed E-state index contributed by atoms with van der Waals surface area (Å²) in [5, 5.41) is 13.7. The smallest absolute Gasteiger partial charge is 0.355 e. The van der Waals surface area contributed by atoms with Gasteiger partial charge in [0.05, 0.1) is 6.04 Å². The molecule has 0 amide bonds. The molecule has 1 aliphatic rings. The quantitative estimate of drug-likeness (QED) is 0.897. The minimum Gasteiger partial charge on any atom is -0.476 e. The number of carboxylic acids is 1. The first-order valence-corrected chi connectivity index (χ1v) is 7.96. The molecule has 1 unspecified atom stereocenters. The van der Waals surface area contributed by atoms with Gasteiger partial charge in [-0.05, 0) is 30.4 Å². The van der Waals surface area contributed by atoms with E-state index < -0.39 is 5.97 Å². The zero-order valence-electron chi connectivity index (χ0n) is 12.1. The molecule has 2 heterocycles. The van der Waals surface area contributed by atoms with Gasteiger partial charge in [0.25, 0.3) is 0 Å². The van der Waals surface area contributed by atoms with Crippen LogP contribution in [0.1, 0.15) is 58.2 Å². The molecule has 1 aromatic heterocycles.